The zero-order chi connectivity index (χ0) is 28.8. The molecular formula is C30H39N5O5S. The van der Waals surface area contributed by atoms with Crippen molar-refractivity contribution < 1.29 is 22.7 Å². The maximum Gasteiger partial charge on any atom is 0.241 e. The standard InChI is InChI=1S/C30H39N5O5S/c1-23(2)19-28-30(36)33(21-27-22-34(32-31-27)14-13-29-39-16-6-17-40-29)15-18-41(37,38)35(28)20-24-9-11-26(12-10-24)25-7-4-3-5-8-25/h3-5,7-12,22-23,28-29H,6,13-21H2,1-2H3. The Morgan fingerprint density at radius 3 is 2.39 bits per heavy atom. The van der Waals surface area contributed by atoms with Crippen molar-refractivity contribution in [2.24, 2.45) is 5.92 Å². The van der Waals surface area contributed by atoms with Gasteiger partial charge in [-0.25, -0.2) is 8.42 Å². The van der Waals surface area contributed by atoms with Crippen molar-refractivity contribution in [3.05, 3.63) is 72.1 Å². The molecule has 41 heavy (non-hydrogen) atoms. The number of carbonyl (C=O) groups is 1. The van der Waals surface area contributed by atoms with Gasteiger partial charge in [0.25, 0.3) is 0 Å². The monoisotopic (exact) mass is 581 g/mol. The Labute approximate surface area is 242 Å². The first-order valence-electron chi connectivity index (χ1n) is 14.3. The lowest BCUT2D eigenvalue weighted by atomic mass is 10.0. The van der Waals surface area contributed by atoms with E-state index in [9.17, 15) is 13.2 Å². The second-order valence-electron chi connectivity index (χ2n) is 11.1. The molecule has 0 aliphatic carbocycles. The summed E-state index contributed by atoms with van der Waals surface area (Å²) >= 11 is 0. The molecule has 0 bridgehead atoms. The quantitative estimate of drug-likeness (QED) is 0.360. The summed E-state index contributed by atoms with van der Waals surface area (Å²) in [6, 6.07) is 17.1. The number of carbonyl (C=O) groups excluding carboxylic acids is 1. The maximum atomic E-state index is 13.9. The third kappa shape index (κ3) is 7.59. The van der Waals surface area contributed by atoms with Gasteiger partial charge in [-0.15, -0.1) is 5.10 Å². The minimum atomic E-state index is -3.69. The van der Waals surface area contributed by atoms with Gasteiger partial charge in [0, 0.05) is 26.1 Å². The van der Waals surface area contributed by atoms with Gasteiger partial charge in [0.2, 0.25) is 15.9 Å². The highest BCUT2D eigenvalue weighted by atomic mass is 32.2. The van der Waals surface area contributed by atoms with Gasteiger partial charge in [-0.3, -0.25) is 9.48 Å². The fourth-order valence-electron chi connectivity index (χ4n) is 5.28. The van der Waals surface area contributed by atoms with E-state index >= 15 is 0 Å². The molecule has 3 heterocycles. The van der Waals surface area contributed by atoms with E-state index < -0.39 is 16.1 Å². The number of ether oxygens (including phenoxy) is 2. The van der Waals surface area contributed by atoms with Crippen molar-refractivity contribution in [1.82, 2.24) is 24.2 Å². The molecule has 11 heteroatoms. The van der Waals surface area contributed by atoms with Gasteiger partial charge in [-0.1, -0.05) is 73.7 Å². The van der Waals surface area contributed by atoms with Crippen LogP contribution in [0.4, 0.5) is 0 Å². The van der Waals surface area contributed by atoms with E-state index in [1.807, 2.05) is 68.4 Å². The van der Waals surface area contributed by atoms with Crippen LogP contribution in [0.2, 0.25) is 0 Å². The first-order valence-corrected chi connectivity index (χ1v) is 15.9. The van der Waals surface area contributed by atoms with E-state index in [-0.39, 0.29) is 43.5 Å². The van der Waals surface area contributed by atoms with E-state index in [1.165, 1.54) is 4.31 Å². The topological polar surface area (TPSA) is 107 Å². The highest BCUT2D eigenvalue weighted by Gasteiger charge is 2.41. The predicted octanol–water partition coefficient (Wildman–Crippen LogP) is 3.69. The zero-order valence-electron chi connectivity index (χ0n) is 23.8. The van der Waals surface area contributed by atoms with E-state index in [2.05, 4.69) is 10.3 Å². The zero-order valence-corrected chi connectivity index (χ0v) is 24.6. The lowest BCUT2D eigenvalue weighted by Gasteiger charge is -2.30. The molecule has 1 atom stereocenters. The summed E-state index contributed by atoms with van der Waals surface area (Å²) < 4.78 is 41.4. The Kier molecular flexibility index (Phi) is 9.49. The minimum Gasteiger partial charge on any atom is -0.353 e. The second kappa shape index (κ2) is 13.2. The number of hydrogen-bond acceptors (Lipinski definition) is 7. The fraction of sp³-hybridized carbons (Fsp3) is 0.500. The van der Waals surface area contributed by atoms with Crippen molar-refractivity contribution >= 4 is 15.9 Å². The van der Waals surface area contributed by atoms with Crippen LogP contribution in [0.1, 0.15) is 44.4 Å². The van der Waals surface area contributed by atoms with Crippen LogP contribution in [0, 0.1) is 5.92 Å². The largest absolute Gasteiger partial charge is 0.353 e. The SMILES string of the molecule is CC(C)CC1C(=O)N(Cc2cn(CCC3OCCCO3)nn2)CCS(=O)(=O)N1Cc1ccc(-c2ccccc2)cc1. The molecule has 2 aromatic carbocycles. The second-order valence-corrected chi connectivity index (χ2v) is 13.2. The maximum absolute atomic E-state index is 13.9. The summed E-state index contributed by atoms with van der Waals surface area (Å²) in [6.45, 7) is 6.44. The first kappa shape index (κ1) is 29.4. The summed E-state index contributed by atoms with van der Waals surface area (Å²) in [7, 11) is -3.69. The molecule has 1 amide bonds. The normalized spacial score (nSPS) is 20.4. The molecule has 2 saturated heterocycles. The van der Waals surface area contributed by atoms with Crippen LogP contribution in [-0.4, -0.2) is 76.4 Å². The van der Waals surface area contributed by atoms with Gasteiger partial charge in [0.05, 0.1) is 31.7 Å². The van der Waals surface area contributed by atoms with Crippen molar-refractivity contribution in [2.75, 3.05) is 25.5 Å². The van der Waals surface area contributed by atoms with Crippen LogP contribution in [0.15, 0.2) is 60.8 Å². The molecular weight excluding hydrogens is 542 g/mol. The van der Waals surface area contributed by atoms with E-state index in [0.29, 0.717) is 38.3 Å². The average molecular weight is 582 g/mol. The Bertz CT molecular complexity index is 1390. The smallest absolute Gasteiger partial charge is 0.241 e. The molecule has 0 N–H and O–H groups in total. The molecule has 0 radical (unpaired) electrons. The number of benzene rings is 2. The number of aryl methyl sites for hydroxylation is 1. The summed E-state index contributed by atoms with van der Waals surface area (Å²) in [5.41, 5.74) is 3.62. The summed E-state index contributed by atoms with van der Waals surface area (Å²) in [4.78, 5) is 15.5. The number of rotatable bonds is 10. The van der Waals surface area contributed by atoms with Crippen molar-refractivity contribution in [3.8, 4) is 11.1 Å². The summed E-state index contributed by atoms with van der Waals surface area (Å²) in [6.07, 6.45) is 3.55. The average Bonchev–Trinajstić information content (AvgIpc) is 3.41. The number of amides is 1. The molecule has 1 unspecified atom stereocenters. The van der Waals surface area contributed by atoms with Gasteiger partial charge in [-0.2, -0.15) is 4.31 Å². The molecule has 220 valence electrons. The first-order chi connectivity index (χ1) is 19.8. The molecule has 2 fully saturated rings. The van der Waals surface area contributed by atoms with Crippen LogP contribution in [-0.2, 0) is 43.9 Å². The Hall–Kier alpha value is -3.12. The highest BCUT2D eigenvalue weighted by molar-refractivity contribution is 7.89. The Morgan fingerprint density at radius 2 is 1.68 bits per heavy atom. The predicted molar refractivity (Wildman–Crippen MR) is 155 cm³/mol. The van der Waals surface area contributed by atoms with Gasteiger partial charge in [0.1, 0.15) is 11.7 Å². The molecule has 2 aliphatic heterocycles. The highest BCUT2D eigenvalue weighted by Crippen LogP contribution is 2.26. The van der Waals surface area contributed by atoms with Crippen LogP contribution < -0.4 is 0 Å². The van der Waals surface area contributed by atoms with Crippen LogP contribution in [0.25, 0.3) is 11.1 Å². The van der Waals surface area contributed by atoms with Gasteiger partial charge >= 0.3 is 0 Å². The summed E-state index contributed by atoms with van der Waals surface area (Å²) in [5.74, 6) is -0.202. The third-order valence-corrected chi connectivity index (χ3v) is 9.24. The molecule has 0 spiro atoms. The molecule has 1 aromatic heterocycles. The van der Waals surface area contributed by atoms with Crippen LogP contribution >= 0.6 is 0 Å². The molecule has 0 saturated carbocycles. The Balaban J connectivity index is 1.29. The lowest BCUT2D eigenvalue weighted by molar-refractivity contribution is -0.182. The van der Waals surface area contributed by atoms with Crippen molar-refractivity contribution in [1.29, 1.82) is 0 Å². The van der Waals surface area contributed by atoms with E-state index in [4.69, 9.17) is 9.47 Å². The molecule has 3 aromatic rings. The fourth-order valence-corrected chi connectivity index (χ4v) is 6.88. The van der Waals surface area contributed by atoms with Crippen molar-refractivity contribution in [2.45, 2.75) is 65.1 Å². The lowest BCUT2D eigenvalue weighted by Crippen LogP contribution is -2.47. The number of sulfonamides is 1. The van der Waals surface area contributed by atoms with Gasteiger partial charge in [-0.05, 0) is 35.4 Å². The van der Waals surface area contributed by atoms with E-state index in [0.717, 1.165) is 23.1 Å². The van der Waals surface area contributed by atoms with E-state index in [1.54, 1.807) is 15.8 Å². The molecule has 2 aliphatic rings. The third-order valence-electron chi connectivity index (χ3n) is 7.44. The van der Waals surface area contributed by atoms with Crippen LogP contribution in [0.3, 0.4) is 0 Å². The van der Waals surface area contributed by atoms with Gasteiger partial charge < -0.3 is 14.4 Å². The van der Waals surface area contributed by atoms with Crippen LogP contribution in [0.5, 0.6) is 0 Å². The molecule has 10 nitrogen and oxygen atoms in total. The Morgan fingerprint density at radius 1 is 0.976 bits per heavy atom. The van der Waals surface area contributed by atoms with Gasteiger partial charge in [0.15, 0.2) is 6.29 Å². The number of nitrogens with zero attached hydrogens (tertiary/aromatic N) is 5. The number of aromatic nitrogens is 3. The number of hydrogen-bond donors (Lipinski definition) is 0. The van der Waals surface area contributed by atoms with Crippen molar-refractivity contribution in [3.63, 3.8) is 0 Å². The minimum absolute atomic E-state index is 0.107. The molecule has 5 rings (SSSR count). The summed E-state index contributed by atoms with van der Waals surface area (Å²) in [5, 5.41) is 8.46.